The number of esters is 1. The van der Waals surface area contributed by atoms with Crippen LogP contribution >= 0.6 is 0 Å². The van der Waals surface area contributed by atoms with E-state index in [9.17, 15) is 4.79 Å². The Morgan fingerprint density at radius 1 is 1.45 bits per heavy atom. The van der Waals surface area contributed by atoms with Gasteiger partial charge in [0.15, 0.2) is 0 Å². The normalized spacial score (nSPS) is 10.2. The van der Waals surface area contributed by atoms with E-state index in [-0.39, 0.29) is 12.5 Å². The maximum atomic E-state index is 10.6. The molecule has 0 aliphatic carbocycles. The number of hydrogen-bond donors (Lipinski definition) is 1. The Morgan fingerprint density at radius 3 is 2.36 bits per heavy atom. The van der Waals surface area contributed by atoms with Gasteiger partial charge in [-0.1, -0.05) is 26.7 Å². The first-order valence-electron chi connectivity index (χ1n) is 4.10. The van der Waals surface area contributed by atoms with Crippen LogP contribution in [0.4, 0.5) is 0 Å². The fraction of sp³-hybridized carbons (Fsp3) is 0.875. The lowest BCUT2D eigenvalue weighted by Crippen LogP contribution is -2.20. The highest BCUT2D eigenvalue weighted by Gasteiger charge is 2.05. The van der Waals surface area contributed by atoms with E-state index >= 15 is 0 Å². The fourth-order valence-corrected chi connectivity index (χ4v) is 0.794. The molecule has 0 unspecified atom stereocenters. The van der Waals surface area contributed by atoms with Crippen molar-refractivity contribution in [1.29, 1.82) is 0 Å². The summed E-state index contributed by atoms with van der Waals surface area (Å²) in [4.78, 5) is 10.6. The van der Waals surface area contributed by atoms with Gasteiger partial charge in [0.2, 0.25) is 0 Å². The Morgan fingerprint density at radius 2 is 2.00 bits per heavy atom. The van der Waals surface area contributed by atoms with Crippen LogP contribution in [-0.4, -0.2) is 19.1 Å². The zero-order valence-corrected chi connectivity index (χ0v) is 7.30. The maximum absolute atomic E-state index is 10.6. The molecule has 3 nitrogen and oxygen atoms in total. The predicted molar refractivity (Wildman–Crippen MR) is 44.1 cm³/mol. The molecular formula is C8H17NO2. The molecule has 0 amide bonds. The van der Waals surface area contributed by atoms with Crippen molar-refractivity contribution in [2.75, 3.05) is 13.2 Å². The number of nitrogens with two attached hydrogens (primary N) is 1. The van der Waals surface area contributed by atoms with E-state index in [1.54, 1.807) is 0 Å². The van der Waals surface area contributed by atoms with Crippen LogP contribution in [0.5, 0.6) is 0 Å². The minimum atomic E-state index is -0.308. The zero-order valence-electron chi connectivity index (χ0n) is 7.30. The maximum Gasteiger partial charge on any atom is 0.319 e. The van der Waals surface area contributed by atoms with Gasteiger partial charge in [0.25, 0.3) is 0 Å². The number of ether oxygens (including phenoxy) is 1. The van der Waals surface area contributed by atoms with Crippen molar-refractivity contribution in [3.8, 4) is 0 Å². The lowest BCUT2D eigenvalue weighted by molar-refractivity contribution is -0.143. The second-order valence-corrected chi connectivity index (χ2v) is 2.57. The van der Waals surface area contributed by atoms with E-state index in [1.165, 1.54) is 0 Å². The van der Waals surface area contributed by atoms with Gasteiger partial charge >= 0.3 is 5.97 Å². The molecule has 0 fully saturated rings. The van der Waals surface area contributed by atoms with Gasteiger partial charge < -0.3 is 10.5 Å². The molecule has 0 heterocycles. The second-order valence-electron chi connectivity index (χ2n) is 2.57. The Bertz CT molecular complexity index is 111. The molecular weight excluding hydrogens is 142 g/mol. The van der Waals surface area contributed by atoms with Gasteiger partial charge in [-0.25, -0.2) is 0 Å². The summed E-state index contributed by atoms with van der Waals surface area (Å²) >= 11 is 0. The molecule has 0 saturated heterocycles. The summed E-state index contributed by atoms with van der Waals surface area (Å²) in [6.45, 7) is 4.68. The SMILES string of the molecule is CCC(CC)COC(=O)CN. The van der Waals surface area contributed by atoms with Crippen molar-refractivity contribution in [2.24, 2.45) is 11.7 Å². The van der Waals surface area contributed by atoms with Gasteiger partial charge in [-0.2, -0.15) is 0 Å². The average Bonchev–Trinajstić information content (AvgIpc) is 2.06. The van der Waals surface area contributed by atoms with Crippen LogP contribution in [0.1, 0.15) is 26.7 Å². The van der Waals surface area contributed by atoms with Gasteiger partial charge in [0.05, 0.1) is 13.2 Å². The number of carbonyl (C=O) groups is 1. The topological polar surface area (TPSA) is 52.3 Å². The Balaban J connectivity index is 3.42. The highest BCUT2D eigenvalue weighted by molar-refractivity contribution is 5.71. The summed E-state index contributed by atoms with van der Waals surface area (Å²) in [5.41, 5.74) is 5.07. The van der Waals surface area contributed by atoms with Crippen LogP contribution in [0, 0.1) is 5.92 Å². The predicted octanol–water partition coefficient (Wildman–Crippen LogP) is 0.924. The minimum Gasteiger partial charge on any atom is -0.464 e. The molecule has 0 aliphatic rings. The molecule has 0 saturated carbocycles. The smallest absolute Gasteiger partial charge is 0.319 e. The monoisotopic (exact) mass is 159 g/mol. The number of carbonyl (C=O) groups excluding carboxylic acids is 1. The molecule has 66 valence electrons. The van der Waals surface area contributed by atoms with Gasteiger partial charge in [-0.3, -0.25) is 4.79 Å². The van der Waals surface area contributed by atoms with Crippen molar-refractivity contribution in [2.45, 2.75) is 26.7 Å². The van der Waals surface area contributed by atoms with E-state index in [2.05, 4.69) is 13.8 Å². The van der Waals surface area contributed by atoms with Crippen LogP contribution in [0.15, 0.2) is 0 Å². The van der Waals surface area contributed by atoms with E-state index in [0.29, 0.717) is 12.5 Å². The van der Waals surface area contributed by atoms with Crippen LogP contribution in [0.25, 0.3) is 0 Å². The van der Waals surface area contributed by atoms with Crippen molar-refractivity contribution in [3.63, 3.8) is 0 Å². The molecule has 0 bridgehead atoms. The standard InChI is InChI=1S/C8H17NO2/c1-3-7(4-2)6-11-8(10)5-9/h7H,3-6,9H2,1-2H3. The molecule has 11 heavy (non-hydrogen) atoms. The summed E-state index contributed by atoms with van der Waals surface area (Å²) in [7, 11) is 0. The van der Waals surface area contributed by atoms with Crippen molar-refractivity contribution < 1.29 is 9.53 Å². The molecule has 3 heteroatoms. The van der Waals surface area contributed by atoms with Crippen LogP contribution in [0.3, 0.4) is 0 Å². The summed E-state index contributed by atoms with van der Waals surface area (Å²) in [6, 6.07) is 0. The van der Waals surface area contributed by atoms with Crippen molar-refractivity contribution in [1.82, 2.24) is 0 Å². The minimum absolute atomic E-state index is 0.0137. The van der Waals surface area contributed by atoms with Gasteiger partial charge in [-0.05, 0) is 5.92 Å². The molecule has 0 atom stereocenters. The third-order valence-corrected chi connectivity index (χ3v) is 1.80. The largest absolute Gasteiger partial charge is 0.464 e. The first-order valence-corrected chi connectivity index (χ1v) is 4.10. The van der Waals surface area contributed by atoms with Crippen LogP contribution in [0.2, 0.25) is 0 Å². The highest BCUT2D eigenvalue weighted by Crippen LogP contribution is 2.06. The quantitative estimate of drug-likeness (QED) is 0.607. The number of hydrogen-bond acceptors (Lipinski definition) is 3. The van der Waals surface area contributed by atoms with Crippen molar-refractivity contribution in [3.05, 3.63) is 0 Å². The second kappa shape index (κ2) is 6.16. The first-order chi connectivity index (χ1) is 5.24. The molecule has 0 spiro atoms. The van der Waals surface area contributed by atoms with E-state index in [4.69, 9.17) is 10.5 Å². The summed E-state index contributed by atoms with van der Waals surface area (Å²) in [6.07, 6.45) is 2.10. The Hall–Kier alpha value is -0.570. The summed E-state index contributed by atoms with van der Waals surface area (Å²) < 4.78 is 4.87. The zero-order chi connectivity index (χ0) is 8.69. The molecule has 0 rings (SSSR count). The third-order valence-electron chi connectivity index (χ3n) is 1.80. The van der Waals surface area contributed by atoms with Crippen molar-refractivity contribution >= 4 is 5.97 Å². The Labute approximate surface area is 67.9 Å². The lowest BCUT2D eigenvalue weighted by Gasteiger charge is -2.11. The van der Waals surface area contributed by atoms with E-state index < -0.39 is 0 Å². The van der Waals surface area contributed by atoms with Gasteiger partial charge in [0.1, 0.15) is 0 Å². The highest BCUT2D eigenvalue weighted by atomic mass is 16.5. The molecule has 0 aromatic rings. The number of rotatable bonds is 5. The fourth-order valence-electron chi connectivity index (χ4n) is 0.794. The van der Waals surface area contributed by atoms with Gasteiger partial charge in [-0.15, -0.1) is 0 Å². The van der Waals surface area contributed by atoms with Crippen LogP contribution < -0.4 is 5.73 Å². The molecule has 0 aromatic heterocycles. The van der Waals surface area contributed by atoms with E-state index in [0.717, 1.165) is 12.8 Å². The third kappa shape index (κ3) is 4.79. The molecule has 0 aromatic carbocycles. The molecule has 0 aliphatic heterocycles. The summed E-state index contributed by atoms with van der Waals surface area (Å²) in [5, 5.41) is 0. The van der Waals surface area contributed by atoms with Crippen LogP contribution in [-0.2, 0) is 9.53 Å². The van der Waals surface area contributed by atoms with E-state index in [1.807, 2.05) is 0 Å². The first kappa shape index (κ1) is 10.4. The molecule has 0 radical (unpaired) electrons. The average molecular weight is 159 g/mol. The molecule has 2 N–H and O–H groups in total. The summed E-state index contributed by atoms with van der Waals surface area (Å²) in [5.74, 6) is 0.183. The van der Waals surface area contributed by atoms with Gasteiger partial charge in [0, 0.05) is 0 Å². The lowest BCUT2D eigenvalue weighted by atomic mass is 10.1. The Kier molecular flexibility index (Phi) is 5.84.